The number of phenolic OH excluding ortho intramolecular Hbond substituents is 2. The van der Waals surface area contributed by atoms with Crippen LogP contribution < -0.4 is 20.3 Å². The molecule has 0 radical (unpaired) electrons. The Balaban J connectivity index is 1.54. The third-order valence-corrected chi connectivity index (χ3v) is 4.84. The third-order valence-electron chi connectivity index (χ3n) is 4.84. The Morgan fingerprint density at radius 1 is 0.722 bits per heavy atom. The van der Waals surface area contributed by atoms with E-state index in [1.807, 2.05) is 0 Å². The first-order valence-corrected chi connectivity index (χ1v) is 10.1. The maximum absolute atomic E-state index is 12.4. The Hall–Kier alpha value is -5.04. The minimum Gasteiger partial charge on any atom is -0.508 e. The van der Waals surface area contributed by atoms with E-state index in [1.54, 1.807) is 0 Å². The van der Waals surface area contributed by atoms with Crippen molar-refractivity contribution >= 4 is 33.9 Å². The van der Waals surface area contributed by atoms with Crippen LogP contribution in [0.25, 0.3) is 21.9 Å². The smallest absolute Gasteiger partial charge is 0.371 e. The number of phenols is 2. The fraction of sp³-hybridized carbons (Fsp3) is 0.130. The number of hydrogen-bond donors (Lipinski definition) is 5. The molecule has 0 spiro atoms. The minimum absolute atomic E-state index is 0.170. The normalized spacial score (nSPS) is 11.2. The average Bonchev–Trinajstić information content (AvgIpc) is 2.79. The summed E-state index contributed by atoms with van der Waals surface area (Å²) in [5, 5.41) is 47.8. The van der Waals surface area contributed by atoms with Crippen LogP contribution in [-0.4, -0.2) is 56.8 Å². The quantitative estimate of drug-likeness (QED) is 0.232. The molecule has 0 unspecified atom stereocenters. The highest BCUT2D eigenvalue weighted by Crippen LogP contribution is 2.31. The molecule has 13 nitrogen and oxygen atoms in total. The first-order chi connectivity index (χ1) is 17.0. The van der Waals surface area contributed by atoms with Crippen LogP contribution in [0.3, 0.4) is 0 Å². The monoisotopic (exact) mass is 500 g/mol. The molecule has 0 saturated carbocycles. The highest BCUT2D eigenvalue weighted by molar-refractivity contribution is 5.91. The highest BCUT2D eigenvalue weighted by atomic mass is 16.5. The van der Waals surface area contributed by atoms with Gasteiger partial charge in [-0.15, -0.1) is 0 Å². The molecule has 0 saturated heterocycles. The van der Waals surface area contributed by atoms with Crippen LogP contribution in [-0.2, 0) is 0 Å². The van der Waals surface area contributed by atoms with Crippen LogP contribution in [0.1, 0.15) is 21.1 Å². The lowest BCUT2D eigenvalue weighted by Crippen LogP contribution is -2.25. The van der Waals surface area contributed by atoms with Crippen LogP contribution >= 0.6 is 0 Å². The van der Waals surface area contributed by atoms with Crippen molar-refractivity contribution < 1.29 is 53.4 Å². The van der Waals surface area contributed by atoms with E-state index in [0.717, 1.165) is 36.4 Å². The number of aromatic carboxylic acids is 2. The summed E-state index contributed by atoms with van der Waals surface area (Å²) in [5.41, 5.74) is -2.01. The van der Waals surface area contributed by atoms with Gasteiger partial charge in [-0.2, -0.15) is 0 Å². The number of rotatable bonds is 8. The molecule has 0 aliphatic carbocycles. The molecular formula is C23H16O13. The summed E-state index contributed by atoms with van der Waals surface area (Å²) in [7, 11) is 0. The van der Waals surface area contributed by atoms with E-state index in [9.17, 15) is 34.5 Å². The Morgan fingerprint density at radius 3 is 1.47 bits per heavy atom. The van der Waals surface area contributed by atoms with Crippen molar-refractivity contribution in [3.05, 3.63) is 68.4 Å². The summed E-state index contributed by atoms with van der Waals surface area (Å²) >= 11 is 0. The van der Waals surface area contributed by atoms with Crippen molar-refractivity contribution in [1.29, 1.82) is 0 Å². The van der Waals surface area contributed by atoms with E-state index >= 15 is 0 Å². The number of ether oxygens (including phenoxy) is 2. The van der Waals surface area contributed by atoms with Crippen LogP contribution in [0.2, 0.25) is 0 Å². The zero-order valence-electron chi connectivity index (χ0n) is 18.0. The Kier molecular flexibility index (Phi) is 6.23. The van der Waals surface area contributed by atoms with Crippen LogP contribution in [0.4, 0.5) is 0 Å². The Morgan fingerprint density at radius 2 is 1.11 bits per heavy atom. The summed E-state index contributed by atoms with van der Waals surface area (Å²) in [6.07, 6.45) is -1.37. The third kappa shape index (κ3) is 4.76. The van der Waals surface area contributed by atoms with Crippen molar-refractivity contribution in [2.45, 2.75) is 6.10 Å². The first-order valence-electron chi connectivity index (χ1n) is 10.1. The molecule has 5 N–H and O–H groups in total. The number of carboxylic acids is 2. The van der Waals surface area contributed by atoms with Gasteiger partial charge < -0.3 is 43.8 Å². The summed E-state index contributed by atoms with van der Waals surface area (Å²) in [5.74, 6) is -5.44. The predicted molar refractivity (Wildman–Crippen MR) is 119 cm³/mol. The number of hydrogen-bond acceptors (Lipinski definition) is 11. The molecule has 2 aromatic carbocycles. The number of fused-ring (bicyclic) bond motifs is 2. The standard InChI is InChI=1S/C23H16O13/c24-9-1-14(20-12(27)5-18(22(29)30)35-16(20)3-9)33-7-11(26)8-34-15-2-10(25)4-17-21(15)13(28)6-19(36-17)23(31)32/h1-6,11,24-26H,7-8H2,(H,29,30)(H,31,32). The second-order valence-electron chi connectivity index (χ2n) is 7.47. The molecule has 13 heteroatoms. The van der Waals surface area contributed by atoms with Gasteiger partial charge in [-0.3, -0.25) is 9.59 Å². The summed E-state index contributed by atoms with van der Waals surface area (Å²) in [4.78, 5) is 47.0. The minimum atomic E-state index is -1.49. The average molecular weight is 500 g/mol. The number of aromatic hydroxyl groups is 2. The van der Waals surface area contributed by atoms with E-state index in [4.69, 9.17) is 28.5 Å². The molecule has 4 aromatic rings. The highest BCUT2D eigenvalue weighted by Gasteiger charge is 2.19. The van der Waals surface area contributed by atoms with Gasteiger partial charge >= 0.3 is 11.9 Å². The van der Waals surface area contributed by atoms with E-state index in [-0.39, 0.29) is 33.4 Å². The van der Waals surface area contributed by atoms with Crippen molar-refractivity contribution in [3.8, 4) is 23.0 Å². The molecule has 4 rings (SSSR count). The summed E-state index contributed by atoms with van der Waals surface area (Å²) < 4.78 is 21.0. The molecule has 0 aliphatic heterocycles. The number of benzene rings is 2. The second kappa shape index (κ2) is 9.31. The molecule has 0 aliphatic rings. The first kappa shape index (κ1) is 24.1. The van der Waals surface area contributed by atoms with Crippen molar-refractivity contribution in [1.82, 2.24) is 0 Å². The molecule has 0 fully saturated rings. The summed E-state index contributed by atoms with van der Waals surface area (Å²) in [6, 6.07) is 5.68. The van der Waals surface area contributed by atoms with Crippen molar-refractivity contribution in [2.24, 2.45) is 0 Å². The number of carbonyl (C=O) groups is 2. The number of aliphatic hydroxyl groups is 1. The van der Waals surface area contributed by atoms with Gasteiger partial charge in [-0.25, -0.2) is 9.59 Å². The van der Waals surface area contributed by atoms with Gasteiger partial charge in [0.1, 0.15) is 64.3 Å². The van der Waals surface area contributed by atoms with Gasteiger partial charge in [-0.05, 0) is 0 Å². The Bertz CT molecular complexity index is 1510. The number of carboxylic acid groups (broad SMARTS) is 2. The topological polar surface area (TPSA) is 214 Å². The lowest BCUT2D eigenvalue weighted by atomic mass is 10.2. The lowest BCUT2D eigenvalue weighted by Gasteiger charge is -2.15. The van der Waals surface area contributed by atoms with Gasteiger partial charge in [0.15, 0.2) is 10.9 Å². The predicted octanol–water partition coefficient (Wildman–Crippen LogP) is 1.53. The van der Waals surface area contributed by atoms with Gasteiger partial charge in [-0.1, -0.05) is 0 Å². The second-order valence-corrected chi connectivity index (χ2v) is 7.47. The van der Waals surface area contributed by atoms with E-state index in [0.29, 0.717) is 0 Å². The van der Waals surface area contributed by atoms with Crippen molar-refractivity contribution in [2.75, 3.05) is 13.2 Å². The van der Waals surface area contributed by atoms with Gasteiger partial charge in [0.25, 0.3) is 0 Å². The molecule has 0 amide bonds. The van der Waals surface area contributed by atoms with Gasteiger partial charge in [0.2, 0.25) is 11.5 Å². The molecule has 0 bridgehead atoms. The van der Waals surface area contributed by atoms with E-state index in [2.05, 4.69) is 0 Å². The maximum atomic E-state index is 12.4. The number of aliphatic hydroxyl groups excluding tert-OH is 1. The van der Waals surface area contributed by atoms with Crippen molar-refractivity contribution in [3.63, 3.8) is 0 Å². The van der Waals surface area contributed by atoms with Gasteiger partial charge in [0.05, 0.1) is 0 Å². The van der Waals surface area contributed by atoms with Crippen LogP contribution in [0.15, 0.2) is 54.8 Å². The SMILES string of the molecule is O=C(O)c1cc(=O)c2c(OCC(O)COc3cc(O)cc4oc(C(=O)O)cc(=O)c34)cc(O)cc2o1. The zero-order chi connectivity index (χ0) is 26.1. The van der Waals surface area contributed by atoms with Gasteiger partial charge in [0, 0.05) is 36.4 Å². The maximum Gasteiger partial charge on any atom is 0.371 e. The van der Waals surface area contributed by atoms with Crippen LogP contribution in [0.5, 0.6) is 23.0 Å². The molecule has 36 heavy (non-hydrogen) atoms. The molecular weight excluding hydrogens is 484 g/mol. The molecule has 2 heterocycles. The lowest BCUT2D eigenvalue weighted by molar-refractivity contribution is 0.0634. The molecule has 0 atom stereocenters. The molecule has 2 aromatic heterocycles. The van der Waals surface area contributed by atoms with E-state index in [1.165, 1.54) is 0 Å². The summed E-state index contributed by atoms with van der Waals surface area (Å²) in [6.45, 7) is -0.958. The fourth-order valence-corrected chi connectivity index (χ4v) is 3.34. The molecule has 186 valence electrons. The zero-order valence-corrected chi connectivity index (χ0v) is 18.0. The van der Waals surface area contributed by atoms with E-state index < -0.39 is 65.1 Å². The Labute approximate surface area is 198 Å². The fourth-order valence-electron chi connectivity index (χ4n) is 3.34. The largest absolute Gasteiger partial charge is 0.508 e. The van der Waals surface area contributed by atoms with Crippen LogP contribution in [0, 0.1) is 0 Å².